The molecule has 0 amide bonds. The monoisotopic (exact) mass is 425 g/mol. The van der Waals surface area contributed by atoms with E-state index in [2.05, 4.69) is 5.09 Å². The molecule has 0 radical (unpaired) electrons. The molecular formula is C18H36NO8P. The van der Waals surface area contributed by atoms with Gasteiger partial charge in [-0.2, -0.15) is 0 Å². The minimum Gasteiger partial charge on any atom is -0.388 e. The second-order valence-electron chi connectivity index (χ2n) is 8.17. The molecule has 0 saturated carbocycles. The number of hydrogen-bond donors (Lipinski definition) is 3. The Labute approximate surface area is 167 Å². The summed E-state index contributed by atoms with van der Waals surface area (Å²) >= 11 is 0. The van der Waals surface area contributed by atoms with Gasteiger partial charge in [0.1, 0.15) is 18.3 Å². The first-order valence-electron chi connectivity index (χ1n) is 9.99. The lowest BCUT2D eigenvalue weighted by molar-refractivity contribution is -0.0759. The molecule has 2 aliphatic heterocycles. The van der Waals surface area contributed by atoms with Gasteiger partial charge in [0.2, 0.25) is 0 Å². The van der Waals surface area contributed by atoms with E-state index in [4.69, 9.17) is 23.5 Å². The van der Waals surface area contributed by atoms with E-state index >= 15 is 0 Å². The van der Waals surface area contributed by atoms with Gasteiger partial charge in [0, 0.05) is 6.04 Å². The second kappa shape index (κ2) is 10.3. The molecule has 4 unspecified atom stereocenters. The van der Waals surface area contributed by atoms with E-state index in [1.807, 2.05) is 34.6 Å². The fourth-order valence-electron chi connectivity index (χ4n) is 3.50. The van der Waals surface area contributed by atoms with Crippen molar-refractivity contribution in [3.8, 4) is 0 Å². The number of ether oxygens (including phenoxy) is 4. The van der Waals surface area contributed by atoms with Crippen molar-refractivity contribution in [1.82, 2.24) is 5.09 Å². The van der Waals surface area contributed by atoms with Gasteiger partial charge in [0.05, 0.1) is 43.7 Å². The van der Waals surface area contributed by atoms with E-state index in [1.165, 1.54) is 0 Å². The molecule has 10 heteroatoms. The number of hydrogen-bond acceptors (Lipinski definition) is 7. The lowest BCUT2D eigenvalue weighted by Crippen LogP contribution is -2.40. The van der Waals surface area contributed by atoms with Crippen molar-refractivity contribution in [2.45, 2.75) is 103 Å². The van der Waals surface area contributed by atoms with Crippen LogP contribution in [0.2, 0.25) is 0 Å². The zero-order valence-corrected chi connectivity index (χ0v) is 18.5. The van der Waals surface area contributed by atoms with Gasteiger partial charge in [-0.15, -0.1) is 0 Å². The molecule has 0 bridgehead atoms. The fraction of sp³-hybridized carbons (Fsp3) is 1.00. The minimum atomic E-state index is -4.11. The summed E-state index contributed by atoms with van der Waals surface area (Å²) in [6.07, 6.45) is -2.37. The van der Waals surface area contributed by atoms with E-state index in [9.17, 15) is 14.6 Å². The smallest absolute Gasteiger partial charge is 0.388 e. The summed E-state index contributed by atoms with van der Waals surface area (Å²) in [4.78, 5) is 10.3. The van der Waals surface area contributed by atoms with Crippen LogP contribution in [0.5, 0.6) is 0 Å². The van der Waals surface area contributed by atoms with Gasteiger partial charge >= 0.3 is 7.75 Å². The molecule has 2 rings (SSSR count). The predicted molar refractivity (Wildman–Crippen MR) is 103 cm³/mol. The van der Waals surface area contributed by atoms with Gasteiger partial charge in [0.15, 0.2) is 0 Å². The van der Waals surface area contributed by atoms with Crippen LogP contribution in [-0.4, -0.2) is 78.1 Å². The van der Waals surface area contributed by atoms with Gasteiger partial charge in [-0.05, 0) is 48.0 Å². The molecule has 166 valence electrons. The lowest BCUT2D eigenvalue weighted by atomic mass is 10.1. The van der Waals surface area contributed by atoms with E-state index in [-0.39, 0.29) is 37.1 Å². The molecule has 9 nitrogen and oxygen atoms in total. The SMILES string of the molecule is CC(C)OC[C@H]1O[C@@H](C)CC1NP(=O)(O)OC[C@H]1O[C@@H](C)C(O)C1OC(C)C. The van der Waals surface area contributed by atoms with E-state index in [1.54, 1.807) is 6.92 Å². The summed E-state index contributed by atoms with van der Waals surface area (Å²) in [7, 11) is -4.11. The summed E-state index contributed by atoms with van der Waals surface area (Å²) < 4.78 is 40.6. The maximum Gasteiger partial charge on any atom is 0.403 e. The summed E-state index contributed by atoms with van der Waals surface area (Å²) in [6.45, 7) is 11.4. The Morgan fingerprint density at radius 2 is 1.79 bits per heavy atom. The Bertz CT molecular complexity index is 534. The third-order valence-electron chi connectivity index (χ3n) is 4.78. The maximum absolute atomic E-state index is 12.6. The van der Waals surface area contributed by atoms with Crippen LogP contribution in [0.1, 0.15) is 48.0 Å². The normalized spacial score (nSPS) is 38.4. The largest absolute Gasteiger partial charge is 0.403 e. The van der Waals surface area contributed by atoms with Crippen LogP contribution >= 0.6 is 7.75 Å². The van der Waals surface area contributed by atoms with Gasteiger partial charge in [-0.25, -0.2) is 9.65 Å². The lowest BCUT2D eigenvalue weighted by Gasteiger charge is -2.26. The standard InChI is InChI=1S/C18H36NO8P/c1-10(2)23-8-15-14(7-12(5)26-15)19-28(21,22)24-9-16-18(25-11(3)4)17(20)13(6)27-16/h10-18,20H,7-9H2,1-6H3,(H2,19,21,22)/t12-,13-,14?,15+,16+,17?,18?/m0/s1. The number of nitrogens with one attached hydrogen (secondary N) is 1. The summed E-state index contributed by atoms with van der Waals surface area (Å²) in [6, 6.07) is -0.360. The van der Waals surface area contributed by atoms with Crippen LogP contribution in [0, 0.1) is 0 Å². The van der Waals surface area contributed by atoms with Crippen molar-refractivity contribution in [1.29, 1.82) is 0 Å². The van der Waals surface area contributed by atoms with E-state index in [0.717, 1.165) is 0 Å². The van der Waals surface area contributed by atoms with E-state index in [0.29, 0.717) is 13.0 Å². The number of rotatable bonds is 10. The highest BCUT2D eigenvalue weighted by atomic mass is 31.2. The number of aliphatic hydroxyl groups is 1. The quantitative estimate of drug-likeness (QED) is 0.449. The molecular weight excluding hydrogens is 389 g/mol. The zero-order valence-electron chi connectivity index (χ0n) is 17.6. The Morgan fingerprint density at radius 3 is 2.39 bits per heavy atom. The van der Waals surface area contributed by atoms with Crippen LogP contribution < -0.4 is 5.09 Å². The molecule has 28 heavy (non-hydrogen) atoms. The average molecular weight is 425 g/mol. The number of aliphatic hydroxyl groups excluding tert-OH is 1. The van der Waals surface area contributed by atoms with Crippen molar-refractivity contribution in [3.63, 3.8) is 0 Å². The van der Waals surface area contributed by atoms with Crippen LogP contribution in [-0.2, 0) is 28.0 Å². The summed E-state index contributed by atoms with van der Waals surface area (Å²) in [5.74, 6) is 0. The molecule has 2 saturated heterocycles. The first kappa shape index (κ1) is 24.2. The summed E-state index contributed by atoms with van der Waals surface area (Å²) in [5.41, 5.74) is 0. The zero-order chi connectivity index (χ0) is 21.1. The predicted octanol–water partition coefficient (Wildman–Crippen LogP) is 1.61. The molecule has 8 atom stereocenters. The first-order valence-corrected chi connectivity index (χ1v) is 11.6. The topological polar surface area (TPSA) is 116 Å². The van der Waals surface area contributed by atoms with Gasteiger partial charge in [0.25, 0.3) is 0 Å². The fourth-order valence-corrected chi connectivity index (χ4v) is 4.61. The molecule has 2 aliphatic rings. The highest BCUT2D eigenvalue weighted by Crippen LogP contribution is 2.41. The molecule has 2 heterocycles. The molecule has 0 aromatic rings. The van der Waals surface area contributed by atoms with Gasteiger partial charge in [-0.1, -0.05) is 0 Å². The van der Waals surface area contributed by atoms with Crippen molar-refractivity contribution in [2.75, 3.05) is 13.2 Å². The van der Waals surface area contributed by atoms with Crippen molar-refractivity contribution in [3.05, 3.63) is 0 Å². The molecule has 3 N–H and O–H groups in total. The first-order chi connectivity index (χ1) is 13.0. The highest BCUT2D eigenvalue weighted by molar-refractivity contribution is 7.50. The van der Waals surface area contributed by atoms with Crippen molar-refractivity contribution >= 4 is 7.75 Å². The third-order valence-corrected chi connectivity index (χ3v) is 5.94. The van der Waals surface area contributed by atoms with Crippen LogP contribution in [0.4, 0.5) is 0 Å². The minimum absolute atomic E-state index is 0.0446. The Kier molecular flexibility index (Phi) is 8.88. The summed E-state index contributed by atoms with van der Waals surface area (Å²) in [5, 5.41) is 12.9. The molecule has 2 fully saturated rings. The molecule has 0 aliphatic carbocycles. The molecule has 0 aromatic carbocycles. The molecule has 0 spiro atoms. The Morgan fingerprint density at radius 1 is 1.11 bits per heavy atom. The Balaban J connectivity index is 1.90. The van der Waals surface area contributed by atoms with Crippen molar-refractivity contribution < 1.29 is 38.0 Å². The van der Waals surface area contributed by atoms with Gasteiger partial charge in [-0.3, -0.25) is 4.52 Å². The second-order valence-corrected chi connectivity index (χ2v) is 9.73. The molecule has 0 aromatic heterocycles. The highest BCUT2D eigenvalue weighted by Gasteiger charge is 2.44. The average Bonchev–Trinajstić information content (AvgIpc) is 3.04. The maximum atomic E-state index is 12.6. The van der Waals surface area contributed by atoms with Crippen LogP contribution in [0.25, 0.3) is 0 Å². The Hall–Kier alpha value is -0.0900. The van der Waals surface area contributed by atoms with Gasteiger partial charge < -0.3 is 28.9 Å². The van der Waals surface area contributed by atoms with E-state index < -0.39 is 32.2 Å². The van der Waals surface area contributed by atoms with Crippen LogP contribution in [0.15, 0.2) is 0 Å². The third kappa shape index (κ3) is 7.00. The van der Waals surface area contributed by atoms with Crippen molar-refractivity contribution in [2.24, 2.45) is 0 Å². The van der Waals surface area contributed by atoms with Crippen LogP contribution in [0.3, 0.4) is 0 Å².